The van der Waals surface area contributed by atoms with E-state index in [1.54, 1.807) is 0 Å². The predicted octanol–water partition coefficient (Wildman–Crippen LogP) is 12.8. The Labute approximate surface area is 303 Å². The van der Waals surface area contributed by atoms with Crippen LogP contribution in [-0.2, 0) is 34.7 Å². The number of rotatable bonds is 3. The molecule has 0 aliphatic carbocycles. The van der Waals surface area contributed by atoms with Gasteiger partial charge in [0.2, 0.25) is 0 Å². The van der Waals surface area contributed by atoms with E-state index in [2.05, 4.69) is 201 Å². The van der Waals surface area contributed by atoms with Crippen molar-refractivity contribution in [1.29, 1.82) is 0 Å². The molecule has 0 saturated carbocycles. The summed E-state index contributed by atoms with van der Waals surface area (Å²) in [6.07, 6.45) is 0. The molecule has 0 radical (unpaired) electrons. The maximum atomic E-state index is 2.35. The first-order valence-corrected chi connectivity index (χ1v) is 18.7. The molecular weight excluding hydrogens is 743 g/mol. The van der Waals surface area contributed by atoms with Crippen LogP contribution in [0.15, 0.2) is 146 Å². The molecule has 48 heavy (non-hydrogen) atoms. The van der Waals surface area contributed by atoms with Gasteiger partial charge in [0.05, 0.1) is 0 Å². The maximum absolute atomic E-state index is 2.35. The molecule has 0 atom stereocenters. The van der Waals surface area contributed by atoms with Crippen LogP contribution in [0.4, 0.5) is 0 Å². The van der Waals surface area contributed by atoms with E-state index >= 15 is 0 Å². The van der Waals surface area contributed by atoms with Crippen molar-refractivity contribution in [3.8, 4) is 11.1 Å². The molecule has 0 aliphatic heterocycles. The molecule has 0 aromatic heterocycles. The standard InChI is InChI=1S/C21H25.C13H13.C13H10.Hf/c1-20(2,3)16-7-9-18-14(12-16)11-15-13-17(21(4,5)6)8-10-19(15)18;1-10-7-11(2)9-13(8-10)12-5-3-4-6-12;1-3-7-12(8-4-1)11-13-9-5-2-6-10-13;/h7-13H,1-6H3;3-9H,1-2H3;1-10H;/q2*-1;;+2. The minimum absolute atomic E-state index is 0.203. The van der Waals surface area contributed by atoms with Crippen molar-refractivity contribution < 1.29 is 23.9 Å². The Hall–Kier alpha value is -3.94. The zero-order chi connectivity index (χ0) is 34.5. The van der Waals surface area contributed by atoms with Gasteiger partial charge in [0.25, 0.3) is 0 Å². The Kier molecular flexibility index (Phi) is 11.1. The minimum atomic E-state index is 0.203. The summed E-state index contributed by atoms with van der Waals surface area (Å²) in [5.41, 5.74) is 11.2. The molecular formula is C47H48Hf. The monoisotopic (exact) mass is 792 g/mol. The Morgan fingerprint density at radius 2 is 0.979 bits per heavy atom. The van der Waals surface area contributed by atoms with E-state index in [-0.39, 0.29) is 10.8 Å². The van der Waals surface area contributed by atoms with Gasteiger partial charge in [0, 0.05) is 0 Å². The SMILES string of the molecule is CC(C)(C)c1ccc2c(c1)[cH-]c1cc(C(C)(C)C)ccc12.Cc1cc(C)cc(-c2ccc[cH-]2)c1.[Hf+2]=[C](c1ccccc1)c1ccccc1. The van der Waals surface area contributed by atoms with Crippen LogP contribution < -0.4 is 0 Å². The fourth-order valence-corrected chi connectivity index (χ4v) is 7.24. The summed E-state index contributed by atoms with van der Waals surface area (Å²) in [7, 11) is 0. The van der Waals surface area contributed by atoms with Gasteiger partial charge < -0.3 is 0 Å². The van der Waals surface area contributed by atoms with Crippen LogP contribution in [0, 0.1) is 13.8 Å². The Balaban J connectivity index is 0.000000147. The van der Waals surface area contributed by atoms with E-state index in [1.807, 2.05) is 0 Å². The van der Waals surface area contributed by atoms with E-state index in [0.717, 1.165) is 23.9 Å². The summed E-state index contributed by atoms with van der Waals surface area (Å²) in [5, 5.41) is 5.48. The van der Waals surface area contributed by atoms with Crippen LogP contribution in [-0.4, -0.2) is 3.26 Å². The summed E-state index contributed by atoms with van der Waals surface area (Å²) in [6, 6.07) is 52.5. The topological polar surface area (TPSA) is 0 Å². The fraction of sp³-hybridized carbons (Fsp3) is 0.213. The van der Waals surface area contributed by atoms with Crippen molar-refractivity contribution in [3.05, 3.63) is 179 Å². The predicted molar refractivity (Wildman–Crippen MR) is 207 cm³/mol. The molecule has 7 aromatic carbocycles. The molecule has 7 rings (SSSR count). The van der Waals surface area contributed by atoms with Crippen LogP contribution >= 0.6 is 0 Å². The van der Waals surface area contributed by atoms with Crippen molar-refractivity contribution in [1.82, 2.24) is 0 Å². The van der Waals surface area contributed by atoms with Crippen molar-refractivity contribution in [2.75, 3.05) is 0 Å². The van der Waals surface area contributed by atoms with E-state index in [1.165, 1.54) is 69.3 Å². The zero-order valence-electron chi connectivity index (χ0n) is 29.9. The molecule has 0 saturated heterocycles. The van der Waals surface area contributed by atoms with Crippen LogP contribution in [0.2, 0.25) is 0 Å². The molecule has 1 heteroatoms. The van der Waals surface area contributed by atoms with E-state index in [9.17, 15) is 0 Å². The first-order chi connectivity index (χ1) is 22.8. The molecule has 0 heterocycles. The summed E-state index contributed by atoms with van der Waals surface area (Å²) in [6.45, 7) is 17.9. The molecule has 240 valence electrons. The third-order valence-electron chi connectivity index (χ3n) is 8.78. The molecule has 7 aromatic rings. The van der Waals surface area contributed by atoms with Gasteiger partial charge in [-0.2, -0.15) is 23.8 Å². The van der Waals surface area contributed by atoms with Gasteiger partial charge >= 0.3 is 98.9 Å². The van der Waals surface area contributed by atoms with Crippen molar-refractivity contribution >= 4 is 24.8 Å². The van der Waals surface area contributed by atoms with Gasteiger partial charge in [-0.1, -0.05) is 112 Å². The number of hydrogen-bond acceptors (Lipinski definition) is 0. The van der Waals surface area contributed by atoms with Crippen molar-refractivity contribution in [3.63, 3.8) is 0 Å². The molecule has 0 bridgehead atoms. The average Bonchev–Trinajstić information content (AvgIpc) is 3.73. The fourth-order valence-electron chi connectivity index (χ4n) is 6.04. The van der Waals surface area contributed by atoms with Gasteiger partial charge in [-0.3, -0.25) is 0 Å². The third kappa shape index (κ3) is 8.94. The van der Waals surface area contributed by atoms with Crippen LogP contribution in [0.5, 0.6) is 0 Å². The average molecular weight is 791 g/mol. The summed E-state index contributed by atoms with van der Waals surface area (Å²) in [4.78, 5) is 0. The molecule has 0 spiro atoms. The van der Waals surface area contributed by atoms with Crippen molar-refractivity contribution in [2.45, 2.75) is 66.2 Å². The van der Waals surface area contributed by atoms with Gasteiger partial charge in [-0.25, -0.2) is 0 Å². The zero-order valence-corrected chi connectivity index (χ0v) is 33.4. The third-order valence-corrected chi connectivity index (χ3v) is 10.9. The second-order valence-corrected chi connectivity index (χ2v) is 16.7. The molecule has 0 unspecified atom stereocenters. The van der Waals surface area contributed by atoms with Gasteiger partial charge in [-0.05, 0) is 24.7 Å². The van der Waals surface area contributed by atoms with Gasteiger partial charge in [-0.15, -0.1) is 45.8 Å². The van der Waals surface area contributed by atoms with Crippen LogP contribution in [0.1, 0.15) is 74.9 Å². The van der Waals surface area contributed by atoms with Crippen molar-refractivity contribution in [2.24, 2.45) is 0 Å². The Morgan fingerprint density at radius 1 is 0.521 bits per heavy atom. The summed E-state index contributed by atoms with van der Waals surface area (Å²) < 4.78 is 1.46. The quantitative estimate of drug-likeness (QED) is 0.124. The van der Waals surface area contributed by atoms with E-state index in [4.69, 9.17) is 0 Å². The number of hydrogen-bond donors (Lipinski definition) is 0. The molecule has 0 fully saturated rings. The normalized spacial score (nSPS) is 11.5. The second-order valence-electron chi connectivity index (χ2n) is 14.9. The molecule has 0 N–H and O–H groups in total. The molecule has 0 aliphatic rings. The summed E-state index contributed by atoms with van der Waals surface area (Å²) in [5.74, 6) is 0. The number of fused-ring (bicyclic) bond motifs is 3. The van der Waals surface area contributed by atoms with Crippen LogP contribution in [0.3, 0.4) is 0 Å². The Morgan fingerprint density at radius 3 is 1.38 bits per heavy atom. The second kappa shape index (κ2) is 15.1. The number of benzene rings is 5. The van der Waals surface area contributed by atoms with Gasteiger partial charge in [0.1, 0.15) is 0 Å². The first kappa shape index (κ1) is 35.4. The first-order valence-electron chi connectivity index (χ1n) is 16.9. The van der Waals surface area contributed by atoms with Gasteiger partial charge in [0.15, 0.2) is 0 Å². The molecule has 0 amide bonds. The summed E-state index contributed by atoms with van der Waals surface area (Å²) >= 11 is 1.08. The van der Waals surface area contributed by atoms with E-state index in [0.29, 0.717) is 0 Å². The number of aryl methyl sites for hydroxylation is 2. The molecule has 0 nitrogen and oxygen atoms in total. The van der Waals surface area contributed by atoms with E-state index < -0.39 is 0 Å². The Bertz CT molecular complexity index is 1960. The van der Waals surface area contributed by atoms with Crippen LogP contribution in [0.25, 0.3) is 32.7 Å².